The van der Waals surface area contributed by atoms with Crippen molar-refractivity contribution in [2.24, 2.45) is 17.8 Å². The Hall–Kier alpha value is -2.83. The molecule has 0 aromatic heterocycles. The van der Waals surface area contributed by atoms with Crippen molar-refractivity contribution in [2.45, 2.75) is 94.2 Å². The van der Waals surface area contributed by atoms with E-state index < -0.39 is 41.6 Å². The summed E-state index contributed by atoms with van der Waals surface area (Å²) in [4.78, 5) is 46.0. The normalized spacial score (nSPS) is 24.0. The van der Waals surface area contributed by atoms with E-state index in [1.165, 1.54) is 12.1 Å². The van der Waals surface area contributed by atoms with Gasteiger partial charge in [-0.15, -0.1) is 0 Å². The molecule has 1 heterocycles. The van der Waals surface area contributed by atoms with Gasteiger partial charge in [0.15, 0.2) is 0 Å². The Morgan fingerprint density at radius 1 is 1.00 bits per heavy atom. The van der Waals surface area contributed by atoms with Crippen LogP contribution in [0.25, 0.3) is 0 Å². The van der Waals surface area contributed by atoms with E-state index in [0.29, 0.717) is 30.5 Å². The van der Waals surface area contributed by atoms with Crippen LogP contribution in [0, 0.1) is 23.6 Å². The SMILES string of the molecule is C[C@@H](c1ccc(NC(=O)[C@@H](NC(O)C2(F)CC2)C(C2CC2)C2CC2)c(F)c1)[C@@H](NC(=O)N(C)C1CC1)C(=O)N1CCN(C)CC1. The van der Waals surface area contributed by atoms with Crippen LogP contribution in [-0.2, 0) is 9.59 Å². The Kier molecular flexibility index (Phi) is 9.11. The van der Waals surface area contributed by atoms with Gasteiger partial charge in [0.1, 0.15) is 23.8 Å². The average molecular weight is 631 g/mol. The van der Waals surface area contributed by atoms with Gasteiger partial charge in [0.25, 0.3) is 0 Å². The molecule has 1 aromatic carbocycles. The molecule has 4 aliphatic carbocycles. The number of halogens is 2. The number of piperazine rings is 1. The minimum atomic E-state index is -1.72. The molecule has 1 aromatic rings. The molecule has 0 radical (unpaired) electrons. The fourth-order valence-corrected chi connectivity index (χ4v) is 6.77. The molecule has 45 heavy (non-hydrogen) atoms. The highest BCUT2D eigenvalue weighted by Gasteiger charge is 2.54. The molecular formula is C33H48F2N6O4. The average Bonchev–Trinajstić information content (AvgIpc) is 3.81. The lowest BCUT2D eigenvalue weighted by Gasteiger charge is -2.37. The van der Waals surface area contributed by atoms with Crippen LogP contribution in [-0.4, -0.2) is 108 Å². The standard InChI is InChI=1S/C33H48F2N6O4/c1-19(27(38-32(45)40(3)23-9-10-23)30(43)41-16-14-39(2)15-17-41)22-8-11-25(24(34)18-22)36-29(42)28(37-31(44)33(35)12-13-33)26(20-4-5-20)21-6-7-21/h8,11,18-21,23,26-28,31,37,44H,4-7,9-10,12-17H2,1-3H3,(H,36,42)(H,38,45)/t19-,27+,28-,31?/m0/s1. The molecule has 4 atom stereocenters. The van der Waals surface area contributed by atoms with E-state index in [1.54, 1.807) is 29.8 Å². The maximum absolute atomic E-state index is 15.7. The van der Waals surface area contributed by atoms with Crippen LogP contribution in [0.1, 0.15) is 69.8 Å². The van der Waals surface area contributed by atoms with Crippen LogP contribution < -0.4 is 16.0 Å². The van der Waals surface area contributed by atoms with Crippen molar-refractivity contribution in [3.8, 4) is 0 Å². The van der Waals surface area contributed by atoms with Gasteiger partial charge in [-0.1, -0.05) is 13.0 Å². The molecule has 4 amide bonds. The van der Waals surface area contributed by atoms with E-state index in [9.17, 15) is 23.9 Å². The number of urea groups is 1. The number of nitrogens with zero attached hydrogens (tertiary/aromatic N) is 3. The summed E-state index contributed by atoms with van der Waals surface area (Å²) < 4.78 is 30.4. The number of amides is 4. The van der Waals surface area contributed by atoms with Crippen LogP contribution >= 0.6 is 0 Å². The zero-order chi connectivity index (χ0) is 32.0. The monoisotopic (exact) mass is 630 g/mol. The van der Waals surface area contributed by atoms with E-state index in [-0.39, 0.29) is 42.4 Å². The highest BCUT2D eigenvalue weighted by molar-refractivity contribution is 5.95. The quantitative estimate of drug-likeness (QED) is 0.249. The fourth-order valence-electron chi connectivity index (χ4n) is 6.77. The summed E-state index contributed by atoms with van der Waals surface area (Å²) in [6.45, 7) is 4.34. The summed E-state index contributed by atoms with van der Waals surface area (Å²) in [6, 6.07) is 2.55. The first kappa shape index (κ1) is 32.1. The van der Waals surface area contributed by atoms with Gasteiger partial charge in [-0.2, -0.15) is 0 Å². The number of nitrogens with one attached hydrogen (secondary N) is 3. The molecule has 1 unspecified atom stereocenters. The third kappa shape index (κ3) is 7.44. The maximum Gasteiger partial charge on any atom is 0.318 e. The Labute approximate surface area is 264 Å². The minimum Gasteiger partial charge on any atom is -0.375 e. The predicted molar refractivity (Wildman–Crippen MR) is 166 cm³/mol. The Balaban J connectivity index is 1.18. The summed E-state index contributed by atoms with van der Waals surface area (Å²) in [7, 11) is 3.73. The summed E-state index contributed by atoms with van der Waals surface area (Å²) in [6.07, 6.45) is 4.87. The number of carbonyl (C=O) groups excluding carboxylic acids is 3. The van der Waals surface area contributed by atoms with Crippen molar-refractivity contribution >= 4 is 23.5 Å². The van der Waals surface area contributed by atoms with Crippen LogP contribution in [0.4, 0.5) is 19.3 Å². The molecule has 5 fully saturated rings. The number of benzene rings is 1. The highest BCUT2D eigenvalue weighted by atomic mass is 19.1. The van der Waals surface area contributed by atoms with Crippen molar-refractivity contribution in [1.29, 1.82) is 0 Å². The smallest absolute Gasteiger partial charge is 0.318 e. The van der Waals surface area contributed by atoms with Crippen LogP contribution in [0.15, 0.2) is 18.2 Å². The molecule has 0 spiro atoms. The number of likely N-dealkylation sites (N-methyl/N-ethyl adjacent to an activating group) is 1. The molecule has 6 rings (SSSR count). The van der Waals surface area contributed by atoms with Crippen molar-refractivity contribution in [3.63, 3.8) is 0 Å². The number of rotatable bonds is 13. The third-order valence-corrected chi connectivity index (χ3v) is 10.6. The van der Waals surface area contributed by atoms with Gasteiger partial charge in [-0.25, -0.2) is 13.6 Å². The molecule has 4 N–H and O–H groups in total. The molecule has 0 bridgehead atoms. The molecule has 4 saturated carbocycles. The summed E-state index contributed by atoms with van der Waals surface area (Å²) in [5.41, 5.74) is -1.23. The Morgan fingerprint density at radius 3 is 2.16 bits per heavy atom. The van der Waals surface area contributed by atoms with E-state index in [0.717, 1.165) is 51.6 Å². The number of aliphatic hydroxyl groups is 1. The predicted octanol–water partition coefficient (Wildman–Crippen LogP) is 3.03. The molecule has 248 valence electrons. The molecule has 1 saturated heterocycles. The van der Waals surface area contributed by atoms with Crippen molar-refractivity contribution in [3.05, 3.63) is 29.6 Å². The largest absolute Gasteiger partial charge is 0.375 e. The Bertz CT molecular complexity index is 1260. The lowest BCUT2D eigenvalue weighted by atomic mass is 9.88. The van der Waals surface area contributed by atoms with E-state index in [2.05, 4.69) is 20.9 Å². The second-order valence-corrected chi connectivity index (χ2v) is 14.2. The number of alkyl halides is 1. The Morgan fingerprint density at radius 2 is 1.62 bits per heavy atom. The van der Waals surface area contributed by atoms with Gasteiger partial charge < -0.3 is 30.4 Å². The van der Waals surface area contributed by atoms with Gasteiger partial charge in [-0.05, 0) is 93.9 Å². The lowest BCUT2D eigenvalue weighted by molar-refractivity contribution is -0.135. The van der Waals surface area contributed by atoms with Crippen molar-refractivity contribution < 1.29 is 28.3 Å². The first-order valence-electron chi connectivity index (χ1n) is 16.7. The number of hydrogen-bond donors (Lipinski definition) is 4. The lowest BCUT2D eigenvalue weighted by Crippen LogP contribution is -2.57. The number of anilines is 1. The van der Waals surface area contributed by atoms with Crippen LogP contribution in [0.2, 0.25) is 0 Å². The van der Waals surface area contributed by atoms with E-state index in [1.807, 2.05) is 7.05 Å². The van der Waals surface area contributed by atoms with Crippen molar-refractivity contribution in [1.82, 2.24) is 25.3 Å². The summed E-state index contributed by atoms with van der Waals surface area (Å²) in [5, 5.41) is 19.1. The zero-order valence-corrected chi connectivity index (χ0v) is 26.6. The molecule has 12 heteroatoms. The first-order chi connectivity index (χ1) is 21.4. The number of carbonyl (C=O) groups is 3. The minimum absolute atomic E-state index is 0.0246. The first-order valence-corrected chi connectivity index (χ1v) is 16.7. The van der Waals surface area contributed by atoms with Gasteiger partial charge in [0.05, 0.1) is 11.7 Å². The third-order valence-electron chi connectivity index (χ3n) is 10.6. The molecule has 5 aliphatic rings. The zero-order valence-electron chi connectivity index (χ0n) is 26.6. The molecule has 10 nitrogen and oxygen atoms in total. The van der Waals surface area contributed by atoms with Crippen molar-refractivity contribution in [2.75, 3.05) is 45.6 Å². The van der Waals surface area contributed by atoms with Gasteiger partial charge in [-0.3, -0.25) is 14.9 Å². The van der Waals surface area contributed by atoms with Crippen LogP contribution in [0.5, 0.6) is 0 Å². The van der Waals surface area contributed by atoms with E-state index in [4.69, 9.17) is 0 Å². The number of hydrogen-bond acceptors (Lipinski definition) is 6. The molecule has 1 aliphatic heterocycles. The van der Waals surface area contributed by atoms with Gasteiger partial charge >= 0.3 is 6.03 Å². The van der Waals surface area contributed by atoms with Gasteiger partial charge in [0, 0.05) is 45.2 Å². The maximum atomic E-state index is 15.7. The molecular weight excluding hydrogens is 582 g/mol. The van der Waals surface area contributed by atoms with Gasteiger partial charge in [0.2, 0.25) is 11.8 Å². The van der Waals surface area contributed by atoms with E-state index >= 15 is 4.39 Å². The second kappa shape index (κ2) is 12.8. The topological polar surface area (TPSA) is 117 Å². The van der Waals surface area contributed by atoms with Crippen LogP contribution in [0.3, 0.4) is 0 Å². The highest BCUT2D eigenvalue weighted by Crippen LogP contribution is 2.51. The summed E-state index contributed by atoms with van der Waals surface area (Å²) >= 11 is 0. The number of aliphatic hydroxyl groups excluding tert-OH is 1. The fraction of sp³-hybridized carbons (Fsp3) is 0.727. The second-order valence-electron chi connectivity index (χ2n) is 14.2. The summed E-state index contributed by atoms with van der Waals surface area (Å²) in [5.74, 6) is -1.28.